The van der Waals surface area contributed by atoms with E-state index >= 15 is 0 Å². The molecular weight excluding hydrogens is 286 g/mol. The maximum atomic E-state index is 6.23. The topological polar surface area (TPSA) is 3.24 Å². The fourth-order valence-corrected chi connectivity index (χ4v) is 2.08. The van der Waals surface area contributed by atoms with Crippen molar-refractivity contribution in [3.63, 3.8) is 0 Å². The lowest BCUT2D eigenvalue weighted by Crippen LogP contribution is -2.42. The van der Waals surface area contributed by atoms with Crippen molar-refractivity contribution in [2.75, 3.05) is 12.4 Å². The van der Waals surface area contributed by atoms with Gasteiger partial charge in [-0.1, -0.05) is 39.7 Å². The van der Waals surface area contributed by atoms with Gasteiger partial charge in [0.1, 0.15) is 0 Å². The second-order valence-electron chi connectivity index (χ2n) is 4.90. The smallest absolute Gasteiger partial charge is 0.0453 e. The highest BCUT2D eigenvalue weighted by molar-refractivity contribution is 9.09. The first kappa shape index (κ1) is 14.0. The number of nitrogens with zero attached hydrogens (tertiary/aromatic N) is 1. The van der Waals surface area contributed by atoms with Gasteiger partial charge in [-0.3, -0.25) is 4.90 Å². The van der Waals surface area contributed by atoms with E-state index in [0.29, 0.717) is 0 Å². The Kier molecular flexibility index (Phi) is 4.84. The molecule has 0 N–H and O–H groups in total. The number of hydrogen-bond donors (Lipinski definition) is 0. The SMILES string of the molecule is Cc1ccc(CN(C)C(C)(C)CBr)c(Cl)c1. The minimum Gasteiger partial charge on any atom is -0.296 e. The normalized spacial score (nSPS) is 12.2. The first-order valence-corrected chi connectivity index (χ1v) is 6.89. The van der Waals surface area contributed by atoms with Gasteiger partial charge in [-0.05, 0) is 45.0 Å². The van der Waals surface area contributed by atoms with Crippen LogP contribution >= 0.6 is 27.5 Å². The molecule has 0 spiro atoms. The van der Waals surface area contributed by atoms with E-state index in [9.17, 15) is 0 Å². The van der Waals surface area contributed by atoms with Gasteiger partial charge in [-0.2, -0.15) is 0 Å². The average molecular weight is 305 g/mol. The molecule has 0 aromatic heterocycles. The number of aryl methyl sites for hydroxylation is 1. The van der Waals surface area contributed by atoms with Gasteiger partial charge in [-0.15, -0.1) is 0 Å². The van der Waals surface area contributed by atoms with Crippen LogP contribution in [0.5, 0.6) is 0 Å². The summed E-state index contributed by atoms with van der Waals surface area (Å²) in [5.41, 5.74) is 2.52. The molecule has 90 valence electrons. The highest BCUT2D eigenvalue weighted by atomic mass is 79.9. The van der Waals surface area contributed by atoms with E-state index < -0.39 is 0 Å². The van der Waals surface area contributed by atoms with E-state index in [1.807, 2.05) is 6.07 Å². The van der Waals surface area contributed by atoms with Crippen molar-refractivity contribution in [1.29, 1.82) is 0 Å². The molecule has 0 aliphatic heterocycles. The Morgan fingerprint density at radius 1 is 1.38 bits per heavy atom. The monoisotopic (exact) mass is 303 g/mol. The summed E-state index contributed by atoms with van der Waals surface area (Å²) in [5.74, 6) is 0. The molecule has 0 aliphatic carbocycles. The Bertz CT molecular complexity index is 363. The number of halogens is 2. The van der Waals surface area contributed by atoms with Gasteiger partial charge in [-0.25, -0.2) is 0 Å². The molecule has 0 unspecified atom stereocenters. The van der Waals surface area contributed by atoms with Crippen LogP contribution in [-0.4, -0.2) is 22.8 Å². The molecular formula is C13H19BrClN. The lowest BCUT2D eigenvalue weighted by molar-refractivity contribution is 0.173. The molecule has 1 aromatic carbocycles. The Morgan fingerprint density at radius 3 is 2.50 bits per heavy atom. The largest absolute Gasteiger partial charge is 0.296 e. The van der Waals surface area contributed by atoms with Crippen LogP contribution in [-0.2, 0) is 6.54 Å². The van der Waals surface area contributed by atoms with Crippen molar-refractivity contribution in [3.05, 3.63) is 34.3 Å². The lowest BCUT2D eigenvalue weighted by atomic mass is 10.1. The molecule has 0 radical (unpaired) electrons. The van der Waals surface area contributed by atoms with Gasteiger partial charge in [0.15, 0.2) is 0 Å². The predicted molar refractivity (Wildman–Crippen MR) is 75.5 cm³/mol. The summed E-state index contributed by atoms with van der Waals surface area (Å²) < 4.78 is 0. The Labute approximate surface area is 112 Å². The number of hydrogen-bond acceptors (Lipinski definition) is 1. The van der Waals surface area contributed by atoms with Gasteiger partial charge in [0.2, 0.25) is 0 Å². The minimum atomic E-state index is 0.133. The molecule has 1 nitrogen and oxygen atoms in total. The van der Waals surface area contributed by atoms with E-state index in [2.05, 4.69) is 60.8 Å². The molecule has 0 amide bonds. The van der Waals surface area contributed by atoms with Gasteiger partial charge in [0, 0.05) is 22.4 Å². The fourth-order valence-electron chi connectivity index (χ4n) is 1.35. The van der Waals surface area contributed by atoms with Crippen molar-refractivity contribution in [3.8, 4) is 0 Å². The quantitative estimate of drug-likeness (QED) is 0.752. The first-order chi connectivity index (χ1) is 7.36. The third-order valence-corrected chi connectivity index (χ3v) is 4.70. The molecule has 0 aliphatic rings. The van der Waals surface area contributed by atoms with E-state index in [0.717, 1.165) is 16.9 Å². The van der Waals surface area contributed by atoms with Crippen LogP contribution in [0.2, 0.25) is 5.02 Å². The molecule has 1 rings (SSSR count). The highest BCUT2D eigenvalue weighted by Gasteiger charge is 2.22. The molecule has 16 heavy (non-hydrogen) atoms. The summed E-state index contributed by atoms with van der Waals surface area (Å²) in [4.78, 5) is 2.30. The standard InChI is InChI=1S/C13H19BrClN/c1-10-5-6-11(12(15)7-10)8-16(4)13(2,3)9-14/h5-7H,8-9H2,1-4H3. The first-order valence-electron chi connectivity index (χ1n) is 5.39. The molecule has 0 atom stereocenters. The lowest BCUT2D eigenvalue weighted by Gasteiger charge is -2.34. The van der Waals surface area contributed by atoms with Crippen LogP contribution in [0.15, 0.2) is 18.2 Å². The van der Waals surface area contributed by atoms with Crippen LogP contribution in [0.25, 0.3) is 0 Å². The summed E-state index contributed by atoms with van der Waals surface area (Å²) in [6.07, 6.45) is 0. The number of alkyl halides is 1. The van der Waals surface area contributed by atoms with E-state index in [1.165, 1.54) is 11.1 Å². The van der Waals surface area contributed by atoms with Gasteiger partial charge in [0.25, 0.3) is 0 Å². The van der Waals surface area contributed by atoms with E-state index in [4.69, 9.17) is 11.6 Å². The van der Waals surface area contributed by atoms with Gasteiger partial charge < -0.3 is 0 Å². The Hall–Kier alpha value is -0.0500. The van der Waals surface area contributed by atoms with Crippen molar-refractivity contribution >= 4 is 27.5 Å². The highest BCUT2D eigenvalue weighted by Crippen LogP contribution is 2.23. The predicted octanol–water partition coefficient (Wildman–Crippen LogP) is 4.25. The summed E-state index contributed by atoms with van der Waals surface area (Å²) in [6, 6.07) is 6.24. The zero-order valence-corrected chi connectivity index (χ0v) is 12.7. The van der Waals surface area contributed by atoms with Crippen LogP contribution < -0.4 is 0 Å². The molecule has 1 aromatic rings. The van der Waals surface area contributed by atoms with Gasteiger partial charge >= 0.3 is 0 Å². The zero-order valence-electron chi connectivity index (χ0n) is 10.3. The van der Waals surface area contributed by atoms with E-state index in [1.54, 1.807) is 0 Å². The summed E-state index contributed by atoms with van der Waals surface area (Å²) in [7, 11) is 2.12. The van der Waals surface area contributed by atoms with E-state index in [-0.39, 0.29) is 5.54 Å². The third-order valence-electron chi connectivity index (χ3n) is 2.98. The third kappa shape index (κ3) is 3.47. The van der Waals surface area contributed by atoms with Crippen LogP contribution in [0, 0.1) is 6.92 Å². The summed E-state index contributed by atoms with van der Waals surface area (Å²) in [5, 5.41) is 1.80. The number of rotatable bonds is 4. The van der Waals surface area contributed by atoms with Crippen molar-refractivity contribution in [1.82, 2.24) is 4.90 Å². The second-order valence-corrected chi connectivity index (χ2v) is 5.86. The number of benzene rings is 1. The minimum absolute atomic E-state index is 0.133. The second kappa shape index (κ2) is 5.52. The molecule has 0 saturated heterocycles. The summed E-state index contributed by atoms with van der Waals surface area (Å²) in [6.45, 7) is 7.35. The van der Waals surface area contributed by atoms with Crippen molar-refractivity contribution < 1.29 is 0 Å². The summed E-state index contributed by atoms with van der Waals surface area (Å²) >= 11 is 9.77. The van der Waals surface area contributed by atoms with Gasteiger partial charge in [0.05, 0.1) is 0 Å². The molecule has 0 heterocycles. The molecule has 0 fully saturated rings. The fraction of sp³-hybridized carbons (Fsp3) is 0.538. The Morgan fingerprint density at radius 2 is 2.00 bits per heavy atom. The van der Waals surface area contributed by atoms with Crippen LogP contribution in [0.3, 0.4) is 0 Å². The maximum absolute atomic E-state index is 6.23. The molecule has 0 saturated carbocycles. The average Bonchev–Trinajstić information content (AvgIpc) is 2.22. The molecule has 3 heteroatoms. The van der Waals surface area contributed by atoms with Crippen molar-refractivity contribution in [2.24, 2.45) is 0 Å². The van der Waals surface area contributed by atoms with Crippen LogP contribution in [0.1, 0.15) is 25.0 Å². The molecule has 0 bridgehead atoms. The van der Waals surface area contributed by atoms with Crippen molar-refractivity contribution in [2.45, 2.75) is 32.9 Å². The zero-order chi connectivity index (χ0) is 12.3. The van der Waals surface area contributed by atoms with Crippen LogP contribution in [0.4, 0.5) is 0 Å². The Balaban J connectivity index is 2.81. The maximum Gasteiger partial charge on any atom is 0.0453 e.